The Labute approximate surface area is 203 Å². The predicted molar refractivity (Wildman–Crippen MR) is 132 cm³/mol. The van der Waals surface area contributed by atoms with Crippen molar-refractivity contribution in [2.45, 2.75) is 75.6 Å². The van der Waals surface area contributed by atoms with Crippen molar-refractivity contribution in [3.63, 3.8) is 0 Å². The van der Waals surface area contributed by atoms with Gasteiger partial charge in [-0.1, -0.05) is 49.6 Å². The van der Waals surface area contributed by atoms with E-state index in [1.165, 1.54) is 23.6 Å². The molecule has 2 heterocycles. The van der Waals surface area contributed by atoms with Gasteiger partial charge in [0.15, 0.2) is 0 Å². The minimum absolute atomic E-state index is 0.00128. The van der Waals surface area contributed by atoms with Crippen molar-refractivity contribution in [3.8, 4) is 0 Å². The number of urea groups is 1. The van der Waals surface area contributed by atoms with E-state index >= 15 is 0 Å². The summed E-state index contributed by atoms with van der Waals surface area (Å²) in [5.74, 6) is 0.00822. The number of nitrogens with one attached hydrogen (secondary N) is 2. The third-order valence-electron chi connectivity index (χ3n) is 7.47. The number of rotatable bonds is 6. The van der Waals surface area contributed by atoms with Gasteiger partial charge in [-0.05, 0) is 44.1 Å². The Morgan fingerprint density at radius 3 is 2.00 bits per heavy atom. The van der Waals surface area contributed by atoms with E-state index < -0.39 is 10.0 Å². The average Bonchev–Trinajstić information content (AvgIpc) is 2.85. The van der Waals surface area contributed by atoms with E-state index in [4.69, 9.17) is 0 Å². The van der Waals surface area contributed by atoms with Gasteiger partial charge in [0.25, 0.3) is 0 Å². The van der Waals surface area contributed by atoms with Gasteiger partial charge in [-0.2, -0.15) is 0 Å². The van der Waals surface area contributed by atoms with Crippen LogP contribution in [0, 0.1) is 5.92 Å². The summed E-state index contributed by atoms with van der Waals surface area (Å²) in [6, 6.07) is 9.52. The zero-order chi connectivity index (χ0) is 24.0. The number of nitrogens with zero attached hydrogens (tertiary/aromatic N) is 2. The second-order valence-electron chi connectivity index (χ2n) is 9.97. The Hall–Kier alpha value is -2.13. The molecule has 3 aliphatic rings. The molecule has 1 saturated carbocycles. The fourth-order valence-corrected chi connectivity index (χ4v) is 6.98. The highest BCUT2D eigenvalue weighted by Crippen LogP contribution is 2.25. The monoisotopic (exact) mass is 490 g/mol. The molecule has 0 unspecified atom stereocenters. The first kappa shape index (κ1) is 25.0. The first-order valence-electron chi connectivity index (χ1n) is 12.8. The van der Waals surface area contributed by atoms with Crippen LogP contribution in [0.15, 0.2) is 30.3 Å². The van der Waals surface area contributed by atoms with Gasteiger partial charge in [0, 0.05) is 44.2 Å². The number of hydrogen-bond donors (Lipinski definition) is 2. The molecule has 1 aliphatic carbocycles. The van der Waals surface area contributed by atoms with Crippen LogP contribution in [0.1, 0.15) is 63.4 Å². The number of carbonyl (C=O) groups is 2. The van der Waals surface area contributed by atoms with Crippen molar-refractivity contribution in [2.24, 2.45) is 5.92 Å². The van der Waals surface area contributed by atoms with Gasteiger partial charge in [0.2, 0.25) is 15.9 Å². The Kier molecular flexibility index (Phi) is 8.47. The van der Waals surface area contributed by atoms with E-state index in [2.05, 4.69) is 10.6 Å². The average molecular weight is 491 g/mol. The lowest BCUT2D eigenvalue weighted by Gasteiger charge is -2.37. The summed E-state index contributed by atoms with van der Waals surface area (Å²) in [5.41, 5.74) is 0.782. The summed E-state index contributed by atoms with van der Waals surface area (Å²) in [6.07, 6.45) is 8.40. The van der Waals surface area contributed by atoms with Crippen LogP contribution in [0.2, 0.25) is 0 Å². The summed E-state index contributed by atoms with van der Waals surface area (Å²) in [5, 5.41) is 6.19. The summed E-state index contributed by atoms with van der Waals surface area (Å²) in [4.78, 5) is 27.3. The lowest BCUT2D eigenvalue weighted by atomic mass is 9.94. The molecule has 1 aromatic carbocycles. The van der Waals surface area contributed by atoms with Gasteiger partial charge in [-0.15, -0.1) is 0 Å². The van der Waals surface area contributed by atoms with E-state index in [0.29, 0.717) is 39.0 Å². The molecular formula is C25H38N4O4S. The van der Waals surface area contributed by atoms with Crippen molar-refractivity contribution >= 4 is 22.0 Å². The molecule has 0 bridgehead atoms. The fourth-order valence-electron chi connectivity index (χ4n) is 5.42. The number of carbonyl (C=O) groups excluding carboxylic acids is 2. The lowest BCUT2D eigenvalue weighted by Crippen LogP contribution is -2.52. The maximum Gasteiger partial charge on any atom is 0.315 e. The molecule has 188 valence electrons. The zero-order valence-corrected chi connectivity index (χ0v) is 20.8. The van der Waals surface area contributed by atoms with Crippen molar-refractivity contribution in [1.82, 2.24) is 19.8 Å². The summed E-state index contributed by atoms with van der Waals surface area (Å²) in [6.45, 7) is 2.06. The van der Waals surface area contributed by atoms with Crippen LogP contribution in [0.3, 0.4) is 0 Å². The molecule has 0 aromatic heterocycles. The van der Waals surface area contributed by atoms with Crippen LogP contribution >= 0.6 is 0 Å². The highest BCUT2D eigenvalue weighted by molar-refractivity contribution is 7.88. The van der Waals surface area contributed by atoms with Crippen molar-refractivity contribution in [2.75, 3.05) is 26.2 Å². The van der Waals surface area contributed by atoms with Gasteiger partial charge in [-0.3, -0.25) is 4.79 Å². The number of benzene rings is 1. The smallest absolute Gasteiger partial charge is 0.315 e. The number of hydrogen-bond acceptors (Lipinski definition) is 4. The molecular weight excluding hydrogens is 452 g/mol. The van der Waals surface area contributed by atoms with Crippen LogP contribution in [0.5, 0.6) is 0 Å². The summed E-state index contributed by atoms with van der Waals surface area (Å²) < 4.78 is 27.1. The van der Waals surface area contributed by atoms with E-state index in [1.54, 1.807) is 0 Å². The van der Waals surface area contributed by atoms with E-state index in [-0.39, 0.29) is 35.7 Å². The third kappa shape index (κ3) is 6.72. The number of likely N-dealkylation sites (tertiary alicyclic amines) is 1. The largest absolute Gasteiger partial charge is 0.342 e. The molecule has 2 aliphatic heterocycles. The van der Waals surface area contributed by atoms with Crippen LogP contribution in [0.25, 0.3) is 0 Å². The predicted octanol–water partition coefficient (Wildman–Crippen LogP) is 2.85. The molecule has 4 rings (SSSR count). The second kappa shape index (κ2) is 11.5. The van der Waals surface area contributed by atoms with Gasteiger partial charge in [0.05, 0.1) is 5.75 Å². The maximum absolute atomic E-state index is 13.1. The van der Waals surface area contributed by atoms with Crippen LogP contribution < -0.4 is 10.6 Å². The molecule has 0 atom stereocenters. The van der Waals surface area contributed by atoms with Crippen molar-refractivity contribution in [1.29, 1.82) is 0 Å². The summed E-state index contributed by atoms with van der Waals surface area (Å²) >= 11 is 0. The van der Waals surface area contributed by atoms with Gasteiger partial charge in [0.1, 0.15) is 0 Å². The number of amides is 3. The van der Waals surface area contributed by atoms with Crippen LogP contribution in [-0.4, -0.2) is 67.8 Å². The lowest BCUT2D eigenvalue weighted by molar-refractivity contribution is -0.137. The van der Waals surface area contributed by atoms with Crippen LogP contribution in [0.4, 0.5) is 4.79 Å². The third-order valence-corrected chi connectivity index (χ3v) is 9.32. The first-order valence-corrected chi connectivity index (χ1v) is 14.4. The normalized spacial score (nSPS) is 21.8. The zero-order valence-electron chi connectivity index (χ0n) is 20.0. The molecule has 0 spiro atoms. The minimum Gasteiger partial charge on any atom is -0.342 e. The molecule has 9 heteroatoms. The highest BCUT2D eigenvalue weighted by Gasteiger charge is 2.34. The van der Waals surface area contributed by atoms with E-state index in [0.717, 1.165) is 31.2 Å². The Balaban J connectivity index is 1.18. The molecule has 3 fully saturated rings. The first-order chi connectivity index (χ1) is 16.4. The SMILES string of the molecule is O=C(NC1CCCCC1)NC1CCN(C(=O)C2CCN(S(=O)(=O)Cc3ccccc3)CC2)CC1. The number of piperidine rings is 2. The molecule has 0 radical (unpaired) electrons. The van der Waals surface area contributed by atoms with Crippen molar-refractivity contribution in [3.05, 3.63) is 35.9 Å². The van der Waals surface area contributed by atoms with Crippen LogP contribution in [-0.2, 0) is 20.6 Å². The van der Waals surface area contributed by atoms with E-state index in [1.807, 2.05) is 35.2 Å². The standard InChI is InChI=1S/C25H38N4O4S/c30-24(21-11-17-29(18-12-21)34(32,33)19-20-7-3-1-4-8-20)28-15-13-23(14-16-28)27-25(31)26-22-9-5-2-6-10-22/h1,3-4,7-8,21-23H,2,5-6,9-19H2,(H2,26,27,31). The molecule has 2 saturated heterocycles. The topological polar surface area (TPSA) is 98.8 Å². The van der Waals surface area contributed by atoms with Gasteiger partial charge in [-0.25, -0.2) is 17.5 Å². The second-order valence-corrected chi connectivity index (χ2v) is 11.9. The molecule has 8 nitrogen and oxygen atoms in total. The quantitative estimate of drug-likeness (QED) is 0.641. The minimum atomic E-state index is -3.38. The molecule has 1 aromatic rings. The Morgan fingerprint density at radius 1 is 0.794 bits per heavy atom. The van der Waals surface area contributed by atoms with Crippen molar-refractivity contribution < 1.29 is 18.0 Å². The van der Waals surface area contributed by atoms with Gasteiger partial charge < -0.3 is 15.5 Å². The highest BCUT2D eigenvalue weighted by atomic mass is 32.2. The fraction of sp³-hybridized carbons (Fsp3) is 0.680. The van der Waals surface area contributed by atoms with E-state index in [9.17, 15) is 18.0 Å². The van der Waals surface area contributed by atoms with Gasteiger partial charge >= 0.3 is 6.03 Å². The Bertz CT molecular complexity index is 917. The molecule has 34 heavy (non-hydrogen) atoms. The maximum atomic E-state index is 13.1. The Morgan fingerprint density at radius 2 is 1.38 bits per heavy atom. The molecule has 3 amide bonds. The number of sulfonamides is 1. The molecule has 2 N–H and O–H groups in total. The summed E-state index contributed by atoms with van der Waals surface area (Å²) in [7, 11) is -3.38.